The first-order chi connectivity index (χ1) is 9.36. The summed E-state index contributed by atoms with van der Waals surface area (Å²) in [6.45, 7) is 1.12. The van der Waals surface area contributed by atoms with E-state index >= 15 is 0 Å². The van der Waals surface area contributed by atoms with E-state index in [0.717, 1.165) is 29.5 Å². The molecule has 0 aliphatic carbocycles. The Morgan fingerprint density at radius 3 is 2.74 bits per heavy atom. The zero-order valence-electron chi connectivity index (χ0n) is 11.4. The second-order valence-electron chi connectivity index (χ2n) is 5.19. The molecule has 1 unspecified atom stereocenters. The Bertz CT molecular complexity index is 428. The van der Waals surface area contributed by atoms with E-state index in [1.807, 2.05) is 17.8 Å². The molecule has 0 saturated carbocycles. The van der Waals surface area contributed by atoms with Gasteiger partial charge in [-0.3, -0.25) is 0 Å². The summed E-state index contributed by atoms with van der Waals surface area (Å²) in [5.41, 5.74) is 1.32. The predicted molar refractivity (Wildman–Crippen MR) is 79.3 cm³/mol. The Kier molecular flexibility index (Phi) is 4.18. The van der Waals surface area contributed by atoms with E-state index in [4.69, 9.17) is 9.47 Å². The molecule has 19 heavy (non-hydrogen) atoms. The number of methoxy groups -OCH3 is 1. The van der Waals surface area contributed by atoms with Crippen LogP contribution in [0.1, 0.15) is 30.9 Å². The number of benzene rings is 1. The second-order valence-corrected chi connectivity index (χ2v) is 6.27. The fraction of sp³-hybridized carbons (Fsp3) is 0.600. The fourth-order valence-corrected chi connectivity index (χ4v) is 3.16. The smallest absolute Gasteiger partial charge is 0.161 e. The van der Waals surface area contributed by atoms with Crippen molar-refractivity contribution >= 4 is 11.8 Å². The molecule has 1 N–H and O–H groups in total. The first kappa shape index (κ1) is 13.1. The van der Waals surface area contributed by atoms with Crippen molar-refractivity contribution in [3.63, 3.8) is 0 Å². The van der Waals surface area contributed by atoms with Crippen molar-refractivity contribution in [2.24, 2.45) is 0 Å². The predicted octanol–water partition coefficient (Wildman–Crippen LogP) is 3.00. The zero-order valence-corrected chi connectivity index (χ0v) is 12.2. The summed E-state index contributed by atoms with van der Waals surface area (Å²) in [5, 5.41) is 3.58. The van der Waals surface area contributed by atoms with Crippen LogP contribution >= 0.6 is 11.8 Å². The summed E-state index contributed by atoms with van der Waals surface area (Å²) in [4.78, 5) is 0. The van der Waals surface area contributed by atoms with Gasteiger partial charge in [-0.2, -0.15) is 11.8 Å². The summed E-state index contributed by atoms with van der Waals surface area (Å²) in [6, 6.07) is 6.82. The maximum absolute atomic E-state index is 6.03. The highest BCUT2D eigenvalue weighted by Crippen LogP contribution is 2.35. The van der Waals surface area contributed by atoms with Crippen LogP contribution in [0.3, 0.4) is 0 Å². The number of hydrogen-bond donors (Lipinski definition) is 1. The molecule has 0 amide bonds. The normalized spacial score (nSPS) is 23.7. The molecule has 0 bridgehead atoms. The van der Waals surface area contributed by atoms with E-state index in [2.05, 4.69) is 17.4 Å². The monoisotopic (exact) mass is 279 g/mol. The average Bonchev–Trinajstić information content (AvgIpc) is 2.43. The van der Waals surface area contributed by atoms with Crippen LogP contribution in [0.25, 0.3) is 0 Å². The van der Waals surface area contributed by atoms with Gasteiger partial charge in [-0.25, -0.2) is 0 Å². The molecule has 2 aliphatic heterocycles. The van der Waals surface area contributed by atoms with Crippen LogP contribution in [0.15, 0.2) is 18.2 Å². The van der Waals surface area contributed by atoms with Crippen molar-refractivity contribution in [3.05, 3.63) is 23.8 Å². The number of hydrogen-bond acceptors (Lipinski definition) is 4. The Balaban J connectivity index is 1.78. The molecule has 3 nitrogen and oxygen atoms in total. The average molecular weight is 279 g/mol. The second kappa shape index (κ2) is 6.06. The van der Waals surface area contributed by atoms with Crippen molar-refractivity contribution < 1.29 is 9.47 Å². The molecular weight excluding hydrogens is 258 g/mol. The quantitative estimate of drug-likeness (QED) is 0.918. The van der Waals surface area contributed by atoms with Crippen LogP contribution in [0.4, 0.5) is 0 Å². The molecule has 0 radical (unpaired) electrons. The van der Waals surface area contributed by atoms with Gasteiger partial charge < -0.3 is 14.8 Å². The number of thioether (sulfide) groups is 1. The molecule has 104 valence electrons. The van der Waals surface area contributed by atoms with E-state index in [0.29, 0.717) is 12.1 Å². The van der Waals surface area contributed by atoms with E-state index in [9.17, 15) is 0 Å². The number of rotatable bonds is 4. The van der Waals surface area contributed by atoms with Crippen LogP contribution in [0.5, 0.6) is 11.5 Å². The van der Waals surface area contributed by atoms with Gasteiger partial charge in [-0.15, -0.1) is 0 Å². The van der Waals surface area contributed by atoms with Crippen LogP contribution in [0.2, 0.25) is 0 Å². The van der Waals surface area contributed by atoms with Gasteiger partial charge in [0.2, 0.25) is 0 Å². The fourth-order valence-electron chi connectivity index (χ4n) is 2.60. The largest absolute Gasteiger partial charge is 0.493 e. The molecule has 3 rings (SSSR count). The number of nitrogens with one attached hydrogen (secondary N) is 1. The van der Waals surface area contributed by atoms with E-state index in [-0.39, 0.29) is 0 Å². The lowest BCUT2D eigenvalue weighted by Crippen LogP contribution is -2.31. The minimum atomic E-state index is 0.355. The van der Waals surface area contributed by atoms with Gasteiger partial charge in [0.05, 0.1) is 7.11 Å². The molecule has 2 fully saturated rings. The minimum Gasteiger partial charge on any atom is -0.493 e. The maximum atomic E-state index is 6.03. The van der Waals surface area contributed by atoms with Gasteiger partial charge in [0.1, 0.15) is 6.10 Å². The molecular formula is C15H21NO2S. The van der Waals surface area contributed by atoms with Gasteiger partial charge in [0.25, 0.3) is 0 Å². The third-order valence-electron chi connectivity index (χ3n) is 3.80. The molecule has 1 aromatic rings. The van der Waals surface area contributed by atoms with Gasteiger partial charge >= 0.3 is 0 Å². The number of ether oxygens (including phenoxy) is 2. The molecule has 2 aliphatic rings. The number of piperidine rings is 1. The minimum absolute atomic E-state index is 0.355. The zero-order chi connectivity index (χ0) is 13.1. The van der Waals surface area contributed by atoms with Crippen molar-refractivity contribution in [1.82, 2.24) is 5.32 Å². The topological polar surface area (TPSA) is 30.5 Å². The molecule has 0 spiro atoms. The summed E-state index contributed by atoms with van der Waals surface area (Å²) < 4.78 is 11.4. The molecule has 1 atom stereocenters. The standard InChI is InChI=1S/C15H21NO2S/c1-17-14-6-5-11(13-4-2-3-7-16-13)8-15(14)18-12-9-19-10-12/h5-6,8,12-13,16H,2-4,7,9-10H2,1H3. The summed E-state index contributed by atoms with van der Waals surface area (Å²) in [5.74, 6) is 3.93. The maximum Gasteiger partial charge on any atom is 0.161 e. The van der Waals surface area contributed by atoms with Crippen molar-refractivity contribution in [2.75, 3.05) is 25.2 Å². The Labute approximate surface area is 119 Å². The highest BCUT2D eigenvalue weighted by molar-refractivity contribution is 8.00. The summed E-state index contributed by atoms with van der Waals surface area (Å²) in [7, 11) is 1.70. The lowest BCUT2D eigenvalue weighted by Gasteiger charge is -2.28. The lowest BCUT2D eigenvalue weighted by atomic mass is 9.97. The van der Waals surface area contributed by atoms with Crippen LogP contribution < -0.4 is 14.8 Å². The highest BCUT2D eigenvalue weighted by atomic mass is 32.2. The SMILES string of the molecule is COc1ccc(C2CCCCN2)cc1OC1CSC1. The molecule has 2 saturated heterocycles. The summed E-state index contributed by atoms with van der Waals surface area (Å²) >= 11 is 1.93. The summed E-state index contributed by atoms with van der Waals surface area (Å²) in [6.07, 6.45) is 4.16. The van der Waals surface area contributed by atoms with Crippen molar-refractivity contribution in [2.45, 2.75) is 31.4 Å². The molecule has 1 aromatic carbocycles. The first-order valence-electron chi connectivity index (χ1n) is 7.02. The molecule has 0 aromatic heterocycles. The van der Waals surface area contributed by atoms with Crippen molar-refractivity contribution in [1.29, 1.82) is 0 Å². The van der Waals surface area contributed by atoms with Gasteiger partial charge in [-0.05, 0) is 37.1 Å². The third-order valence-corrected chi connectivity index (χ3v) is 5.02. The van der Waals surface area contributed by atoms with Gasteiger partial charge in [-0.1, -0.05) is 12.5 Å². The Hall–Kier alpha value is -0.870. The first-order valence-corrected chi connectivity index (χ1v) is 8.18. The molecule has 4 heteroatoms. The lowest BCUT2D eigenvalue weighted by molar-refractivity contribution is 0.227. The van der Waals surface area contributed by atoms with E-state index in [1.54, 1.807) is 7.11 Å². The van der Waals surface area contributed by atoms with Crippen LogP contribution in [-0.4, -0.2) is 31.3 Å². The Morgan fingerprint density at radius 1 is 1.21 bits per heavy atom. The van der Waals surface area contributed by atoms with Crippen LogP contribution in [-0.2, 0) is 0 Å². The molecule has 2 heterocycles. The Morgan fingerprint density at radius 2 is 2.11 bits per heavy atom. The van der Waals surface area contributed by atoms with Crippen LogP contribution in [0, 0.1) is 0 Å². The van der Waals surface area contributed by atoms with Gasteiger partial charge in [0.15, 0.2) is 11.5 Å². The van der Waals surface area contributed by atoms with Gasteiger partial charge in [0, 0.05) is 17.5 Å². The van der Waals surface area contributed by atoms with E-state index < -0.39 is 0 Å². The third kappa shape index (κ3) is 3.00. The highest BCUT2D eigenvalue weighted by Gasteiger charge is 2.23. The van der Waals surface area contributed by atoms with E-state index in [1.165, 1.54) is 24.8 Å². The van der Waals surface area contributed by atoms with Crippen molar-refractivity contribution in [3.8, 4) is 11.5 Å².